The van der Waals surface area contributed by atoms with Crippen LogP contribution in [0.25, 0.3) is 21.3 Å². The van der Waals surface area contributed by atoms with Gasteiger partial charge in [-0.05, 0) is 37.1 Å². The maximum atomic E-state index is 13.0. The van der Waals surface area contributed by atoms with Gasteiger partial charge in [-0.3, -0.25) is 4.79 Å². The molecular formula is C26H27N3O5S. The fraction of sp³-hybridized carbons (Fsp3) is 0.308. The van der Waals surface area contributed by atoms with Crippen LogP contribution in [-0.4, -0.2) is 34.5 Å². The van der Waals surface area contributed by atoms with E-state index in [1.54, 1.807) is 31.4 Å². The Morgan fingerprint density at radius 2 is 1.89 bits per heavy atom. The molecule has 0 aliphatic rings. The molecule has 0 saturated heterocycles. The molecule has 0 N–H and O–H groups in total. The third-order valence-corrected chi connectivity index (χ3v) is 6.15. The van der Waals surface area contributed by atoms with Crippen molar-refractivity contribution in [2.24, 2.45) is 5.92 Å². The number of methoxy groups -OCH3 is 1. The average Bonchev–Trinajstić information content (AvgIpc) is 3.33. The second-order valence-electron chi connectivity index (χ2n) is 8.29. The highest BCUT2D eigenvalue weighted by atomic mass is 32.1. The summed E-state index contributed by atoms with van der Waals surface area (Å²) < 4.78 is 17.9. The molecule has 182 valence electrons. The highest BCUT2D eigenvalue weighted by Gasteiger charge is 2.19. The predicted molar refractivity (Wildman–Crippen MR) is 135 cm³/mol. The van der Waals surface area contributed by atoms with E-state index >= 15 is 0 Å². The normalized spacial score (nSPS) is 11.1. The van der Waals surface area contributed by atoms with Gasteiger partial charge in [-0.1, -0.05) is 32.0 Å². The van der Waals surface area contributed by atoms with E-state index in [0.717, 1.165) is 10.6 Å². The number of rotatable bonds is 9. The van der Waals surface area contributed by atoms with Crippen LogP contribution in [-0.2, 0) is 17.9 Å². The SMILES string of the molecule is CCOc1ccc(-c2nc(COC(=O)c3nn(CC(C)C)c(=O)c4ccccc34)cs2)cc1OC. The van der Waals surface area contributed by atoms with Crippen molar-refractivity contribution in [2.45, 2.75) is 33.9 Å². The van der Waals surface area contributed by atoms with Crippen LogP contribution >= 0.6 is 11.3 Å². The van der Waals surface area contributed by atoms with E-state index in [2.05, 4.69) is 10.1 Å². The van der Waals surface area contributed by atoms with Crippen molar-refractivity contribution in [1.82, 2.24) is 14.8 Å². The largest absolute Gasteiger partial charge is 0.493 e. The lowest BCUT2D eigenvalue weighted by molar-refractivity contribution is 0.0460. The maximum Gasteiger partial charge on any atom is 0.359 e. The molecule has 2 aromatic heterocycles. The van der Waals surface area contributed by atoms with Crippen molar-refractivity contribution in [3.63, 3.8) is 0 Å². The Hall–Kier alpha value is -3.72. The molecule has 0 unspecified atom stereocenters. The van der Waals surface area contributed by atoms with Crippen LogP contribution < -0.4 is 15.0 Å². The predicted octanol–water partition coefficient (Wildman–Crippen LogP) is 4.94. The van der Waals surface area contributed by atoms with Crippen molar-refractivity contribution in [2.75, 3.05) is 13.7 Å². The van der Waals surface area contributed by atoms with E-state index in [9.17, 15) is 9.59 Å². The highest BCUT2D eigenvalue weighted by Crippen LogP contribution is 2.34. The first-order chi connectivity index (χ1) is 16.9. The van der Waals surface area contributed by atoms with Crippen molar-refractivity contribution < 1.29 is 19.0 Å². The van der Waals surface area contributed by atoms with Crippen molar-refractivity contribution in [1.29, 1.82) is 0 Å². The first-order valence-corrected chi connectivity index (χ1v) is 12.2. The number of esters is 1. The molecule has 2 heterocycles. The molecule has 8 nitrogen and oxygen atoms in total. The van der Waals surface area contributed by atoms with Gasteiger partial charge in [0.1, 0.15) is 11.6 Å². The molecule has 35 heavy (non-hydrogen) atoms. The lowest BCUT2D eigenvalue weighted by Crippen LogP contribution is -2.28. The Kier molecular flexibility index (Phi) is 7.45. The monoisotopic (exact) mass is 493 g/mol. The highest BCUT2D eigenvalue weighted by molar-refractivity contribution is 7.13. The number of hydrogen-bond acceptors (Lipinski definition) is 8. The second-order valence-corrected chi connectivity index (χ2v) is 9.15. The zero-order chi connectivity index (χ0) is 24.9. The van der Waals surface area contributed by atoms with E-state index in [0.29, 0.717) is 41.1 Å². The van der Waals surface area contributed by atoms with E-state index in [1.165, 1.54) is 16.0 Å². The number of carbonyl (C=O) groups is 1. The van der Waals surface area contributed by atoms with Crippen LogP contribution in [0.3, 0.4) is 0 Å². The number of fused-ring (bicyclic) bond motifs is 1. The Bertz CT molecular complexity index is 1410. The molecule has 4 aromatic rings. The van der Waals surface area contributed by atoms with Gasteiger partial charge in [0, 0.05) is 22.9 Å². The summed E-state index contributed by atoms with van der Waals surface area (Å²) in [6, 6.07) is 12.6. The van der Waals surface area contributed by atoms with Crippen LogP contribution in [0.4, 0.5) is 0 Å². The van der Waals surface area contributed by atoms with Gasteiger partial charge in [0.15, 0.2) is 17.2 Å². The fourth-order valence-electron chi connectivity index (χ4n) is 3.64. The summed E-state index contributed by atoms with van der Waals surface area (Å²) >= 11 is 1.44. The maximum absolute atomic E-state index is 13.0. The zero-order valence-electron chi connectivity index (χ0n) is 20.1. The summed E-state index contributed by atoms with van der Waals surface area (Å²) in [6.45, 7) is 6.83. The molecule has 0 atom stereocenters. The summed E-state index contributed by atoms with van der Waals surface area (Å²) in [5, 5.41) is 7.86. The third-order valence-electron chi connectivity index (χ3n) is 5.21. The first-order valence-electron chi connectivity index (χ1n) is 11.3. The molecule has 0 saturated carbocycles. The number of ether oxygens (including phenoxy) is 3. The molecule has 0 aliphatic carbocycles. The molecule has 0 amide bonds. The molecule has 9 heteroatoms. The van der Waals surface area contributed by atoms with Crippen LogP contribution in [0.2, 0.25) is 0 Å². The van der Waals surface area contributed by atoms with Gasteiger partial charge in [0.2, 0.25) is 0 Å². The van der Waals surface area contributed by atoms with Crippen molar-refractivity contribution in [3.8, 4) is 22.1 Å². The average molecular weight is 494 g/mol. The molecular weight excluding hydrogens is 466 g/mol. The minimum Gasteiger partial charge on any atom is -0.493 e. The van der Waals surface area contributed by atoms with Crippen LogP contribution in [0.15, 0.2) is 52.6 Å². The molecule has 0 spiro atoms. The lowest BCUT2D eigenvalue weighted by atomic mass is 10.1. The third kappa shape index (κ3) is 5.35. The Morgan fingerprint density at radius 3 is 2.60 bits per heavy atom. The summed E-state index contributed by atoms with van der Waals surface area (Å²) in [6.07, 6.45) is 0. The van der Waals surface area contributed by atoms with E-state index < -0.39 is 5.97 Å². The van der Waals surface area contributed by atoms with E-state index in [-0.39, 0.29) is 23.8 Å². The quantitative estimate of drug-likeness (QED) is 0.305. The number of hydrogen-bond donors (Lipinski definition) is 0. The second kappa shape index (κ2) is 10.7. The number of carbonyl (C=O) groups excluding carboxylic acids is 1. The van der Waals surface area contributed by atoms with Gasteiger partial charge in [0.05, 0.1) is 24.8 Å². The van der Waals surface area contributed by atoms with Gasteiger partial charge in [-0.2, -0.15) is 5.10 Å². The molecule has 0 aliphatic heterocycles. The van der Waals surface area contributed by atoms with Gasteiger partial charge >= 0.3 is 5.97 Å². The minimum atomic E-state index is -0.601. The van der Waals surface area contributed by atoms with Crippen LogP contribution in [0, 0.1) is 5.92 Å². The Morgan fingerprint density at radius 1 is 1.11 bits per heavy atom. The number of benzene rings is 2. The lowest BCUT2D eigenvalue weighted by Gasteiger charge is -2.12. The standard InChI is InChI=1S/C26H27N3O5S/c1-5-33-21-11-10-17(12-22(21)32-4)24-27-18(15-35-24)14-34-26(31)23-19-8-6-7-9-20(19)25(30)29(28-23)13-16(2)3/h6-12,15-16H,5,13-14H2,1-4H3. The Labute approximate surface area is 207 Å². The molecule has 2 aromatic carbocycles. The molecule has 0 bridgehead atoms. The van der Waals surface area contributed by atoms with Gasteiger partial charge < -0.3 is 14.2 Å². The summed E-state index contributed by atoms with van der Waals surface area (Å²) in [5.41, 5.74) is 1.39. The van der Waals surface area contributed by atoms with E-state index in [4.69, 9.17) is 14.2 Å². The van der Waals surface area contributed by atoms with Gasteiger partial charge in [-0.25, -0.2) is 14.5 Å². The zero-order valence-corrected chi connectivity index (χ0v) is 20.9. The van der Waals surface area contributed by atoms with Crippen LogP contribution in [0.1, 0.15) is 37.0 Å². The van der Waals surface area contributed by atoms with Gasteiger partial charge in [0.25, 0.3) is 5.56 Å². The fourth-order valence-corrected chi connectivity index (χ4v) is 4.45. The summed E-state index contributed by atoms with van der Waals surface area (Å²) in [5.74, 6) is 0.890. The van der Waals surface area contributed by atoms with Crippen LogP contribution in [0.5, 0.6) is 11.5 Å². The smallest absolute Gasteiger partial charge is 0.359 e. The molecule has 0 fully saturated rings. The Balaban J connectivity index is 1.54. The first kappa shape index (κ1) is 24.4. The number of nitrogens with zero attached hydrogens (tertiary/aromatic N) is 3. The number of thiazole rings is 1. The van der Waals surface area contributed by atoms with Crippen molar-refractivity contribution in [3.05, 3.63) is 69.6 Å². The summed E-state index contributed by atoms with van der Waals surface area (Å²) in [7, 11) is 1.59. The summed E-state index contributed by atoms with van der Waals surface area (Å²) in [4.78, 5) is 30.4. The number of aromatic nitrogens is 3. The van der Waals surface area contributed by atoms with E-state index in [1.807, 2.05) is 44.4 Å². The minimum absolute atomic E-state index is 0.0111. The molecule has 0 radical (unpaired) electrons. The van der Waals surface area contributed by atoms with Gasteiger partial charge in [-0.15, -0.1) is 11.3 Å². The van der Waals surface area contributed by atoms with Crippen molar-refractivity contribution >= 4 is 28.1 Å². The topological polar surface area (TPSA) is 92.5 Å². The molecule has 4 rings (SSSR count).